The smallest absolute Gasteiger partial charge is 0.319 e. The van der Waals surface area contributed by atoms with Gasteiger partial charge in [-0.1, -0.05) is 12.0 Å². The molecule has 5 aliphatic rings. The lowest BCUT2D eigenvalue weighted by atomic mass is 9.95. The number of alkyl halides is 1. The minimum atomic E-state index is -0.914. The number of hydrogen-bond acceptors (Lipinski definition) is 8. The number of rotatable bonds is 4. The van der Waals surface area contributed by atoms with E-state index in [2.05, 4.69) is 32.9 Å². The highest BCUT2D eigenvalue weighted by molar-refractivity contribution is 6.03. The number of fused-ring (bicyclic) bond motifs is 7. The molecule has 2 N–H and O–H groups in total. The van der Waals surface area contributed by atoms with Crippen LogP contribution in [0.3, 0.4) is 0 Å². The first kappa shape index (κ1) is 29.0. The summed E-state index contributed by atoms with van der Waals surface area (Å²) >= 11 is 0. The average Bonchev–Trinajstić information content (AvgIpc) is 3.65. The number of phenolic OH excluding ortho intramolecular Hbond substituents is 1. The van der Waals surface area contributed by atoms with Gasteiger partial charge in [0.2, 0.25) is 0 Å². The summed E-state index contributed by atoms with van der Waals surface area (Å²) in [5.74, 6) is 1.52. The van der Waals surface area contributed by atoms with Crippen molar-refractivity contribution in [3.05, 3.63) is 47.2 Å². The van der Waals surface area contributed by atoms with E-state index in [1.165, 1.54) is 24.3 Å². The van der Waals surface area contributed by atoms with Crippen molar-refractivity contribution in [3.63, 3.8) is 0 Å². The quantitative estimate of drug-likeness (QED) is 0.287. The van der Waals surface area contributed by atoms with Gasteiger partial charge in [-0.05, 0) is 75.6 Å². The monoisotopic (exact) mass is 640 g/mol. The highest BCUT2D eigenvalue weighted by atomic mass is 19.1. The average molecular weight is 641 g/mol. The molecule has 5 aliphatic heterocycles. The molecule has 0 saturated carbocycles. The summed E-state index contributed by atoms with van der Waals surface area (Å²) in [5.41, 5.74) is 0.199. The van der Waals surface area contributed by atoms with Crippen molar-refractivity contribution < 1.29 is 23.0 Å². The molecule has 11 heteroatoms. The standard InChI is InChI=1S/C36H35F3N6O2/c1-3-22-24(38)6-5-19-13-21(46)14-23(28(19)22)31-30(39)32-29-26(40-31)7-8-27-25-9-11-35(2,43-25)17-45(27)33(29)42-34(41-32)47-18-36-10-4-12-44(36)16-20(37)15-36/h1,5-6,13-14,20,25,27,43,46H,4,7-12,15-18H2,2H3/t20-,25+,27-,35-,36+/m1/s1. The Labute approximate surface area is 270 Å². The minimum absolute atomic E-state index is 0.0332. The van der Waals surface area contributed by atoms with Crippen molar-refractivity contribution in [3.8, 4) is 35.4 Å². The number of ether oxygens (including phenoxy) is 1. The molecular formula is C36H35F3N6O2. The summed E-state index contributed by atoms with van der Waals surface area (Å²) in [6, 6.07) is 5.96. The Morgan fingerprint density at radius 3 is 2.87 bits per heavy atom. The molecule has 47 heavy (non-hydrogen) atoms. The number of halogens is 3. The van der Waals surface area contributed by atoms with Gasteiger partial charge in [-0.2, -0.15) is 9.97 Å². The first-order chi connectivity index (χ1) is 22.6. The molecule has 0 aliphatic carbocycles. The van der Waals surface area contributed by atoms with Crippen LogP contribution in [0.5, 0.6) is 11.8 Å². The molecule has 4 saturated heterocycles. The lowest BCUT2D eigenvalue weighted by molar-refractivity contribution is 0.107. The molecule has 5 atom stereocenters. The van der Waals surface area contributed by atoms with Gasteiger partial charge in [0, 0.05) is 48.1 Å². The van der Waals surface area contributed by atoms with E-state index in [0.29, 0.717) is 48.2 Å². The molecule has 2 aromatic heterocycles. The third-order valence-electron chi connectivity index (χ3n) is 11.4. The fourth-order valence-electron chi connectivity index (χ4n) is 9.30. The molecule has 2 aromatic carbocycles. The van der Waals surface area contributed by atoms with Crippen molar-refractivity contribution in [1.82, 2.24) is 25.2 Å². The Morgan fingerprint density at radius 2 is 2.02 bits per heavy atom. The topological polar surface area (TPSA) is 86.6 Å². The van der Waals surface area contributed by atoms with Crippen LogP contribution in [-0.4, -0.2) is 80.5 Å². The van der Waals surface area contributed by atoms with Crippen LogP contribution in [0.4, 0.5) is 19.0 Å². The maximum Gasteiger partial charge on any atom is 0.319 e. The molecule has 7 heterocycles. The van der Waals surface area contributed by atoms with Gasteiger partial charge in [-0.15, -0.1) is 6.42 Å². The van der Waals surface area contributed by atoms with E-state index in [4.69, 9.17) is 21.1 Å². The van der Waals surface area contributed by atoms with Crippen LogP contribution in [-0.2, 0) is 6.42 Å². The second kappa shape index (κ2) is 10.2. The zero-order valence-electron chi connectivity index (χ0n) is 26.1. The number of aromatic hydroxyl groups is 1. The number of aryl methyl sites for hydroxylation is 1. The van der Waals surface area contributed by atoms with Crippen LogP contribution in [0.15, 0.2) is 24.3 Å². The molecule has 2 bridgehead atoms. The number of terminal acetylenes is 1. The predicted octanol–water partition coefficient (Wildman–Crippen LogP) is 5.41. The second-order valence-electron chi connectivity index (χ2n) is 14.4. The van der Waals surface area contributed by atoms with Gasteiger partial charge < -0.3 is 20.1 Å². The highest BCUT2D eigenvalue weighted by Crippen LogP contribution is 2.46. The molecular weight excluding hydrogens is 605 g/mol. The Balaban J connectivity index is 1.25. The maximum absolute atomic E-state index is 17.1. The number of anilines is 1. The number of nitrogens with zero attached hydrogens (tertiary/aromatic N) is 5. The summed E-state index contributed by atoms with van der Waals surface area (Å²) in [6.45, 7) is 4.31. The number of piperazine rings is 1. The molecule has 9 rings (SSSR count). The van der Waals surface area contributed by atoms with Crippen LogP contribution >= 0.6 is 0 Å². The minimum Gasteiger partial charge on any atom is -0.508 e. The Bertz CT molecular complexity index is 2030. The van der Waals surface area contributed by atoms with Crippen molar-refractivity contribution in [2.75, 3.05) is 31.1 Å². The first-order valence-corrected chi connectivity index (χ1v) is 16.5. The highest BCUT2D eigenvalue weighted by Gasteiger charge is 2.50. The fraction of sp³-hybridized carbons (Fsp3) is 0.472. The van der Waals surface area contributed by atoms with Gasteiger partial charge in [-0.3, -0.25) is 4.90 Å². The Kier molecular flexibility index (Phi) is 6.29. The Morgan fingerprint density at radius 1 is 1.15 bits per heavy atom. The summed E-state index contributed by atoms with van der Waals surface area (Å²) in [5, 5.41) is 15.8. The third kappa shape index (κ3) is 4.34. The van der Waals surface area contributed by atoms with E-state index in [1.807, 2.05) is 0 Å². The molecule has 4 fully saturated rings. The van der Waals surface area contributed by atoms with E-state index >= 15 is 4.39 Å². The lowest BCUT2D eigenvalue weighted by Gasteiger charge is -2.45. The number of benzene rings is 2. The number of hydrogen-bond donors (Lipinski definition) is 2. The summed E-state index contributed by atoms with van der Waals surface area (Å²) in [4.78, 5) is 19.0. The summed E-state index contributed by atoms with van der Waals surface area (Å²) in [6.07, 6.45) is 10.4. The zero-order chi connectivity index (χ0) is 32.2. The normalized spacial score (nSPS) is 29.6. The summed E-state index contributed by atoms with van der Waals surface area (Å²) < 4.78 is 53.0. The van der Waals surface area contributed by atoms with E-state index in [0.717, 1.165) is 38.6 Å². The molecule has 242 valence electrons. The van der Waals surface area contributed by atoms with E-state index in [-0.39, 0.29) is 63.7 Å². The van der Waals surface area contributed by atoms with Crippen LogP contribution in [0.1, 0.15) is 56.7 Å². The number of aromatic nitrogens is 3. The van der Waals surface area contributed by atoms with Crippen LogP contribution in [0.25, 0.3) is 32.9 Å². The van der Waals surface area contributed by atoms with Gasteiger partial charge in [0.1, 0.15) is 41.4 Å². The van der Waals surface area contributed by atoms with Crippen molar-refractivity contribution in [2.24, 2.45) is 0 Å². The second-order valence-corrected chi connectivity index (χ2v) is 14.4. The SMILES string of the molecule is C#Cc1c(F)ccc2cc(O)cc(-c3nc4c5c(nc(OC[C@@]67CCCN6C[C@H](F)C7)nc5c3F)N3C[C@@]5(C)CC[C@H](N5)[C@H]3CC4)c12. The third-order valence-corrected chi connectivity index (χ3v) is 11.4. The molecule has 0 unspecified atom stereocenters. The molecule has 0 amide bonds. The number of pyridine rings is 1. The van der Waals surface area contributed by atoms with Gasteiger partial charge in [0.15, 0.2) is 5.82 Å². The van der Waals surface area contributed by atoms with Crippen molar-refractivity contribution in [1.29, 1.82) is 0 Å². The van der Waals surface area contributed by atoms with Gasteiger partial charge in [0.05, 0.1) is 22.2 Å². The van der Waals surface area contributed by atoms with Crippen molar-refractivity contribution in [2.45, 2.75) is 81.2 Å². The van der Waals surface area contributed by atoms with Gasteiger partial charge in [-0.25, -0.2) is 18.2 Å². The maximum atomic E-state index is 17.1. The molecule has 8 nitrogen and oxygen atoms in total. The fourth-order valence-corrected chi connectivity index (χ4v) is 9.30. The summed E-state index contributed by atoms with van der Waals surface area (Å²) in [7, 11) is 0. The lowest BCUT2D eigenvalue weighted by Crippen LogP contribution is -2.63. The van der Waals surface area contributed by atoms with Gasteiger partial charge in [0.25, 0.3) is 0 Å². The van der Waals surface area contributed by atoms with Gasteiger partial charge >= 0.3 is 6.01 Å². The zero-order valence-corrected chi connectivity index (χ0v) is 26.1. The van der Waals surface area contributed by atoms with Crippen LogP contribution in [0, 0.1) is 24.0 Å². The molecule has 0 radical (unpaired) electrons. The largest absolute Gasteiger partial charge is 0.508 e. The van der Waals surface area contributed by atoms with E-state index in [1.54, 1.807) is 0 Å². The number of nitrogens with one attached hydrogen (secondary N) is 1. The number of phenols is 1. The molecule has 4 aromatic rings. The Hall–Kier alpha value is -4.14. The molecule has 0 spiro atoms. The van der Waals surface area contributed by atoms with Crippen molar-refractivity contribution >= 4 is 27.5 Å². The van der Waals surface area contributed by atoms with E-state index < -0.39 is 23.3 Å². The predicted molar refractivity (Wildman–Crippen MR) is 172 cm³/mol. The van der Waals surface area contributed by atoms with Crippen LogP contribution in [0.2, 0.25) is 0 Å². The van der Waals surface area contributed by atoms with Crippen LogP contribution < -0.4 is 15.0 Å². The van der Waals surface area contributed by atoms with E-state index in [9.17, 15) is 13.9 Å². The first-order valence-electron chi connectivity index (χ1n) is 16.5.